The first kappa shape index (κ1) is 14.1. The van der Waals surface area contributed by atoms with Crippen molar-refractivity contribution >= 4 is 11.6 Å². The average Bonchev–Trinajstić information content (AvgIpc) is 2.35. The molecule has 6 nitrogen and oxygen atoms in total. The quantitative estimate of drug-likeness (QED) is 0.609. The molecular formula is C12H16N2O4. The molecule has 0 aliphatic carbocycles. The van der Waals surface area contributed by atoms with Crippen LogP contribution in [0.4, 0.5) is 5.69 Å². The zero-order valence-corrected chi connectivity index (χ0v) is 10.3. The summed E-state index contributed by atoms with van der Waals surface area (Å²) in [6, 6.07) is 4.17. The van der Waals surface area contributed by atoms with Crippen LogP contribution in [0.5, 0.6) is 0 Å². The minimum absolute atomic E-state index is 0.0196. The lowest BCUT2D eigenvalue weighted by Gasteiger charge is -2.10. The van der Waals surface area contributed by atoms with Crippen molar-refractivity contribution in [2.24, 2.45) is 5.92 Å². The van der Waals surface area contributed by atoms with Gasteiger partial charge in [0.1, 0.15) is 0 Å². The minimum Gasteiger partial charge on any atom is -0.396 e. The lowest BCUT2D eigenvalue weighted by atomic mass is 10.1. The number of nitrogens with one attached hydrogen (secondary N) is 1. The highest BCUT2D eigenvalue weighted by molar-refractivity contribution is 5.96. The SMILES string of the molecule is Cc1ccc([N+](=O)[O-])cc1C(=O)NCC(C)CO. The molecule has 0 aromatic heterocycles. The van der Waals surface area contributed by atoms with Crippen LogP contribution in [0, 0.1) is 23.0 Å². The average molecular weight is 252 g/mol. The van der Waals surface area contributed by atoms with Gasteiger partial charge in [0.2, 0.25) is 0 Å². The van der Waals surface area contributed by atoms with Crippen LogP contribution in [0.3, 0.4) is 0 Å². The standard InChI is InChI=1S/C12H16N2O4/c1-8(7-15)6-13-12(16)11-5-10(14(17)18)4-3-9(11)2/h3-5,8,15H,6-7H2,1-2H3,(H,13,16). The Hall–Kier alpha value is -1.95. The van der Waals surface area contributed by atoms with Crippen LogP contribution in [0.25, 0.3) is 0 Å². The van der Waals surface area contributed by atoms with Crippen LogP contribution in [0.1, 0.15) is 22.8 Å². The third-order valence-electron chi connectivity index (χ3n) is 2.60. The summed E-state index contributed by atoms with van der Waals surface area (Å²) in [5.41, 5.74) is 0.852. The largest absolute Gasteiger partial charge is 0.396 e. The fourth-order valence-corrected chi connectivity index (χ4v) is 1.39. The van der Waals surface area contributed by atoms with Gasteiger partial charge >= 0.3 is 0 Å². The number of hydrogen-bond donors (Lipinski definition) is 2. The van der Waals surface area contributed by atoms with Crippen LogP contribution in [0.15, 0.2) is 18.2 Å². The smallest absolute Gasteiger partial charge is 0.270 e. The van der Waals surface area contributed by atoms with Crippen molar-refractivity contribution in [1.29, 1.82) is 0 Å². The Bertz CT molecular complexity index is 459. The van der Waals surface area contributed by atoms with E-state index in [0.717, 1.165) is 0 Å². The number of rotatable bonds is 5. The lowest BCUT2D eigenvalue weighted by molar-refractivity contribution is -0.384. The summed E-state index contributed by atoms with van der Waals surface area (Å²) < 4.78 is 0. The summed E-state index contributed by atoms with van der Waals surface area (Å²) in [6.07, 6.45) is 0. The van der Waals surface area contributed by atoms with Gasteiger partial charge < -0.3 is 10.4 Å². The van der Waals surface area contributed by atoms with Crippen LogP contribution < -0.4 is 5.32 Å². The second-order valence-corrected chi connectivity index (χ2v) is 4.25. The zero-order valence-electron chi connectivity index (χ0n) is 10.3. The van der Waals surface area contributed by atoms with E-state index in [2.05, 4.69) is 5.32 Å². The number of nitrogens with zero attached hydrogens (tertiary/aromatic N) is 1. The number of nitro benzene ring substituents is 1. The van der Waals surface area contributed by atoms with Crippen molar-refractivity contribution in [2.75, 3.05) is 13.2 Å². The number of non-ortho nitro benzene ring substituents is 1. The van der Waals surface area contributed by atoms with Gasteiger partial charge in [0.05, 0.1) is 4.92 Å². The predicted octanol–water partition coefficient (Wildman–Crippen LogP) is 1.26. The molecule has 0 aliphatic rings. The Balaban J connectivity index is 2.84. The molecule has 0 saturated carbocycles. The Kier molecular flexibility index (Phi) is 4.79. The summed E-state index contributed by atoms with van der Waals surface area (Å²) in [4.78, 5) is 22.0. The minimum atomic E-state index is -0.535. The van der Waals surface area contributed by atoms with Gasteiger partial charge in [-0.2, -0.15) is 0 Å². The zero-order chi connectivity index (χ0) is 13.7. The number of aliphatic hydroxyl groups excluding tert-OH is 1. The van der Waals surface area contributed by atoms with E-state index in [0.29, 0.717) is 12.1 Å². The normalized spacial score (nSPS) is 11.9. The summed E-state index contributed by atoms with van der Waals surface area (Å²) in [6.45, 7) is 3.82. The number of carbonyl (C=O) groups excluding carboxylic acids is 1. The first-order chi connectivity index (χ1) is 8.45. The van der Waals surface area contributed by atoms with Crippen LogP contribution >= 0.6 is 0 Å². The molecular weight excluding hydrogens is 236 g/mol. The van der Waals surface area contributed by atoms with E-state index in [1.54, 1.807) is 19.9 Å². The third-order valence-corrected chi connectivity index (χ3v) is 2.60. The van der Waals surface area contributed by atoms with E-state index in [4.69, 9.17) is 5.11 Å². The van der Waals surface area contributed by atoms with Crippen LogP contribution in [0.2, 0.25) is 0 Å². The number of aliphatic hydroxyl groups is 1. The van der Waals surface area contributed by atoms with Gasteiger partial charge in [0.15, 0.2) is 0 Å². The molecule has 1 atom stereocenters. The Morgan fingerprint density at radius 3 is 2.78 bits per heavy atom. The van der Waals surface area contributed by atoms with Crippen LogP contribution in [-0.2, 0) is 0 Å². The molecule has 1 unspecified atom stereocenters. The molecule has 2 N–H and O–H groups in total. The van der Waals surface area contributed by atoms with Gasteiger partial charge in [-0.05, 0) is 18.4 Å². The first-order valence-electron chi connectivity index (χ1n) is 5.59. The van der Waals surface area contributed by atoms with Crippen LogP contribution in [-0.4, -0.2) is 29.1 Å². The highest BCUT2D eigenvalue weighted by Crippen LogP contribution is 2.17. The number of carbonyl (C=O) groups is 1. The summed E-state index contributed by atoms with van der Waals surface area (Å²) in [7, 11) is 0. The lowest BCUT2D eigenvalue weighted by Crippen LogP contribution is -2.30. The van der Waals surface area contributed by atoms with Gasteiger partial charge in [0.25, 0.3) is 11.6 Å². The molecule has 0 bridgehead atoms. The van der Waals surface area contributed by atoms with E-state index in [9.17, 15) is 14.9 Å². The Labute approximate surface area is 105 Å². The van der Waals surface area contributed by atoms with Gasteiger partial charge in [0, 0.05) is 30.8 Å². The summed E-state index contributed by atoms with van der Waals surface area (Å²) in [5.74, 6) is -0.413. The van der Waals surface area contributed by atoms with Gasteiger partial charge in [-0.1, -0.05) is 13.0 Å². The molecule has 1 amide bonds. The monoisotopic (exact) mass is 252 g/mol. The number of benzene rings is 1. The molecule has 0 radical (unpaired) electrons. The van der Waals surface area contributed by atoms with Gasteiger partial charge in [-0.15, -0.1) is 0 Å². The second-order valence-electron chi connectivity index (χ2n) is 4.25. The maximum absolute atomic E-state index is 11.8. The summed E-state index contributed by atoms with van der Waals surface area (Å²) >= 11 is 0. The first-order valence-corrected chi connectivity index (χ1v) is 5.59. The van der Waals surface area contributed by atoms with Crippen molar-refractivity contribution in [3.8, 4) is 0 Å². The molecule has 0 fully saturated rings. The van der Waals surface area contributed by atoms with Gasteiger partial charge in [-0.25, -0.2) is 0 Å². The highest BCUT2D eigenvalue weighted by Gasteiger charge is 2.14. The fraction of sp³-hybridized carbons (Fsp3) is 0.417. The molecule has 6 heteroatoms. The number of hydrogen-bond acceptors (Lipinski definition) is 4. The molecule has 1 rings (SSSR count). The Morgan fingerprint density at radius 2 is 2.22 bits per heavy atom. The highest BCUT2D eigenvalue weighted by atomic mass is 16.6. The fourth-order valence-electron chi connectivity index (χ4n) is 1.39. The summed E-state index contributed by atoms with van der Waals surface area (Å²) in [5, 5.41) is 22.1. The Morgan fingerprint density at radius 1 is 1.56 bits per heavy atom. The molecule has 0 spiro atoms. The van der Waals surface area contributed by atoms with E-state index < -0.39 is 4.92 Å². The van der Waals surface area contributed by atoms with Crippen molar-refractivity contribution in [3.63, 3.8) is 0 Å². The molecule has 0 heterocycles. The van der Waals surface area contributed by atoms with Crippen molar-refractivity contribution in [3.05, 3.63) is 39.4 Å². The molecule has 1 aromatic rings. The number of amides is 1. The van der Waals surface area contributed by atoms with Crippen molar-refractivity contribution in [2.45, 2.75) is 13.8 Å². The number of aryl methyl sites for hydroxylation is 1. The maximum Gasteiger partial charge on any atom is 0.270 e. The topological polar surface area (TPSA) is 92.5 Å². The van der Waals surface area contributed by atoms with Crippen molar-refractivity contribution in [1.82, 2.24) is 5.32 Å². The molecule has 0 saturated heterocycles. The number of nitro groups is 1. The van der Waals surface area contributed by atoms with Crippen molar-refractivity contribution < 1.29 is 14.8 Å². The molecule has 98 valence electrons. The van der Waals surface area contributed by atoms with E-state index in [1.807, 2.05) is 0 Å². The molecule has 0 aliphatic heterocycles. The maximum atomic E-state index is 11.8. The van der Waals surface area contributed by atoms with E-state index in [1.165, 1.54) is 12.1 Å². The van der Waals surface area contributed by atoms with E-state index in [-0.39, 0.29) is 29.7 Å². The molecule has 1 aromatic carbocycles. The van der Waals surface area contributed by atoms with E-state index >= 15 is 0 Å². The second kappa shape index (κ2) is 6.11. The third kappa shape index (κ3) is 3.53. The predicted molar refractivity (Wildman–Crippen MR) is 66.4 cm³/mol. The van der Waals surface area contributed by atoms with Gasteiger partial charge in [-0.3, -0.25) is 14.9 Å². The molecule has 18 heavy (non-hydrogen) atoms.